The lowest BCUT2D eigenvalue weighted by molar-refractivity contribution is -0.129. The van der Waals surface area contributed by atoms with Crippen molar-refractivity contribution in [1.82, 2.24) is 5.32 Å². The standard InChI is InChI=1S/C16H24N2O3.ClH/c1-3-21-14-10-12(2)4-5-13(14)11-18-15(19)16(17)6-8-20-9-7-16;/h4-5,10H,3,6-9,11,17H2,1-2H3,(H,18,19);1H. The molecule has 0 spiro atoms. The molecule has 22 heavy (non-hydrogen) atoms. The Balaban J connectivity index is 0.00000242. The maximum atomic E-state index is 12.3. The van der Waals surface area contributed by atoms with Gasteiger partial charge in [-0.15, -0.1) is 12.4 Å². The Hall–Kier alpha value is -1.30. The molecule has 0 saturated carbocycles. The molecule has 0 atom stereocenters. The van der Waals surface area contributed by atoms with Gasteiger partial charge in [-0.3, -0.25) is 4.79 Å². The van der Waals surface area contributed by atoms with Gasteiger partial charge in [0.1, 0.15) is 5.75 Å². The van der Waals surface area contributed by atoms with Crippen molar-refractivity contribution in [2.45, 2.75) is 38.8 Å². The third-order valence-corrected chi connectivity index (χ3v) is 3.80. The van der Waals surface area contributed by atoms with E-state index in [-0.39, 0.29) is 18.3 Å². The third kappa shape index (κ3) is 4.60. The fourth-order valence-corrected chi connectivity index (χ4v) is 2.41. The monoisotopic (exact) mass is 328 g/mol. The molecular weight excluding hydrogens is 304 g/mol. The van der Waals surface area contributed by atoms with Crippen molar-refractivity contribution < 1.29 is 14.3 Å². The van der Waals surface area contributed by atoms with Gasteiger partial charge in [-0.05, 0) is 38.3 Å². The summed E-state index contributed by atoms with van der Waals surface area (Å²) in [5.41, 5.74) is 7.45. The number of carbonyl (C=O) groups excluding carboxylic acids is 1. The molecule has 1 aromatic carbocycles. The fourth-order valence-electron chi connectivity index (χ4n) is 2.41. The highest BCUT2D eigenvalue weighted by atomic mass is 35.5. The van der Waals surface area contributed by atoms with Gasteiger partial charge in [0.25, 0.3) is 0 Å². The molecule has 1 amide bonds. The summed E-state index contributed by atoms with van der Waals surface area (Å²) in [5, 5.41) is 2.93. The van der Waals surface area contributed by atoms with Crippen LogP contribution in [-0.4, -0.2) is 31.3 Å². The molecule has 3 N–H and O–H groups in total. The van der Waals surface area contributed by atoms with Gasteiger partial charge >= 0.3 is 0 Å². The highest BCUT2D eigenvalue weighted by Crippen LogP contribution is 2.22. The summed E-state index contributed by atoms with van der Waals surface area (Å²) in [6.45, 7) is 6.07. The van der Waals surface area contributed by atoms with Crippen molar-refractivity contribution in [2.75, 3.05) is 19.8 Å². The second-order valence-corrected chi connectivity index (χ2v) is 5.50. The van der Waals surface area contributed by atoms with Gasteiger partial charge in [0, 0.05) is 25.3 Å². The quantitative estimate of drug-likeness (QED) is 0.866. The van der Waals surface area contributed by atoms with Gasteiger partial charge in [0.15, 0.2) is 0 Å². The molecular formula is C16H25ClN2O3. The molecule has 124 valence electrons. The zero-order chi connectivity index (χ0) is 15.3. The molecule has 6 heteroatoms. The van der Waals surface area contributed by atoms with E-state index in [0.29, 0.717) is 39.2 Å². The van der Waals surface area contributed by atoms with Crippen molar-refractivity contribution in [3.05, 3.63) is 29.3 Å². The predicted molar refractivity (Wildman–Crippen MR) is 88.4 cm³/mol. The molecule has 1 fully saturated rings. The number of aryl methyl sites for hydroxylation is 1. The number of hydrogen-bond donors (Lipinski definition) is 2. The molecule has 0 aliphatic carbocycles. The van der Waals surface area contributed by atoms with Crippen molar-refractivity contribution in [3.8, 4) is 5.75 Å². The van der Waals surface area contributed by atoms with Crippen LogP contribution in [0.2, 0.25) is 0 Å². The Labute approximate surface area is 138 Å². The van der Waals surface area contributed by atoms with E-state index >= 15 is 0 Å². The number of halogens is 1. The molecule has 1 aliphatic heterocycles. The molecule has 1 heterocycles. The topological polar surface area (TPSA) is 73.6 Å². The first-order valence-electron chi connectivity index (χ1n) is 7.42. The number of ether oxygens (including phenoxy) is 2. The summed E-state index contributed by atoms with van der Waals surface area (Å²) in [6, 6.07) is 5.97. The number of hydrogen-bond acceptors (Lipinski definition) is 4. The maximum Gasteiger partial charge on any atom is 0.240 e. The lowest BCUT2D eigenvalue weighted by Gasteiger charge is -2.31. The second-order valence-electron chi connectivity index (χ2n) is 5.50. The summed E-state index contributed by atoms with van der Waals surface area (Å²) < 4.78 is 10.9. The van der Waals surface area contributed by atoms with Gasteiger partial charge in [-0.1, -0.05) is 12.1 Å². The van der Waals surface area contributed by atoms with E-state index in [1.807, 2.05) is 32.0 Å². The minimum absolute atomic E-state index is 0. The average molecular weight is 329 g/mol. The van der Waals surface area contributed by atoms with Gasteiger partial charge < -0.3 is 20.5 Å². The summed E-state index contributed by atoms with van der Waals surface area (Å²) in [6.07, 6.45) is 1.12. The lowest BCUT2D eigenvalue weighted by atomic mass is 9.90. The minimum atomic E-state index is -0.811. The van der Waals surface area contributed by atoms with E-state index in [2.05, 4.69) is 5.32 Å². The first-order valence-corrected chi connectivity index (χ1v) is 7.42. The zero-order valence-corrected chi connectivity index (χ0v) is 14.0. The number of rotatable bonds is 5. The van der Waals surface area contributed by atoms with Crippen molar-refractivity contribution in [3.63, 3.8) is 0 Å². The Morgan fingerprint density at radius 3 is 2.73 bits per heavy atom. The van der Waals surface area contributed by atoms with Crippen molar-refractivity contribution >= 4 is 18.3 Å². The van der Waals surface area contributed by atoms with Crippen LogP contribution >= 0.6 is 12.4 Å². The molecule has 5 nitrogen and oxygen atoms in total. The molecule has 1 aliphatic rings. The molecule has 0 unspecified atom stereocenters. The molecule has 0 aromatic heterocycles. The number of amides is 1. The Bertz CT molecular complexity index is 502. The first-order chi connectivity index (χ1) is 10.0. The second kappa shape index (κ2) is 8.36. The highest BCUT2D eigenvalue weighted by Gasteiger charge is 2.35. The Morgan fingerprint density at radius 1 is 1.41 bits per heavy atom. The van der Waals surface area contributed by atoms with E-state index in [9.17, 15) is 4.79 Å². The van der Waals surface area contributed by atoms with Gasteiger partial charge in [-0.2, -0.15) is 0 Å². The van der Waals surface area contributed by atoms with Crippen LogP contribution in [0.1, 0.15) is 30.9 Å². The number of nitrogens with two attached hydrogens (primary N) is 1. The molecule has 0 bridgehead atoms. The van der Waals surface area contributed by atoms with Crippen LogP contribution in [0.4, 0.5) is 0 Å². The molecule has 1 saturated heterocycles. The summed E-state index contributed by atoms with van der Waals surface area (Å²) in [7, 11) is 0. The lowest BCUT2D eigenvalue weighted by Crippen LogP contribution is -2.56. The van der Waals surface area contributed by atoms with Crippen LogP contribution in [0.25, 0.3) is 0 Å². The van der Waals surface area contributed by atoms with Crippen LogP contribution in [0, 0.1) is 6.92 Å². The van der Waals surface area contributed by atoms with E-state index in [1.54, 1.807) is 0 Å². The van der Waals surface area contributed by atoms with Crippen LogP contribution < -0.4 is 15.8 Å². The Kier molecular flexibility index (Phi) is 7.13. The SMILES string of the molecule is CCOc1cc(C)ccc1CNC(=O)C1(N)CCOCC1.Cl. The van der Waals surface area contributed by atoms with Gasteiger partial charge in [0.05, 0.1) is 12.1 Å². The number of benzene rings is 1. The summed E-state index contributed by atoms with van der Waals surface area (Å²) in [5.74, 6) is 0.699. The fraction of sp³-hybridized carbons (Fsp3) is 0.562. The average Bonchev–Trinajstić information content (AvgIpc) is 2.47. The Morgan fingerprint density at radius 2 is 2.09 bits per heavy atom. The molecule has 1 aromatic rings. The highest BCUT2D eigenvalue weighted by molar-refractivity contribution is 5.86. The van der Waals surface area contributed by atoms with Crippen LogP contribution in [0.15, 0.2) is 18.2 Å². The molecule has 0 radical (unpaired) electrons. The van der Waals surface area contributed by atoms with Crippen LogP contribution in [0.5, 0.6) is 5.75 Å². The van der Waals surface area contributed by atoms with E-state index in [1.165, 1.54) is 0 Å². The third-order valence-electron chi connectivity index (χ3n) is 3.80. The van der Waals surface area contributed by atoms with Crippen molar-refractivity contribution in [2.24, 2.45) is 5.73 Å². The van der Waals surface area contributed by atoms with E-state index in [0.717, 1.165) is 16.9 Å². The van der Waals surface area contributed by atoms with Crippen LogP contribution in [-0.2, 0) is 16.1 Å². The minimum Gasteiger partial charge on any atom is -0.494 e. The summed E-state index contributed by atoms with van der Waals surface area (Å²) >= 11 is 0. The van der Waals surface area contributed by atoms with Gasteiger partial charge in [0.2, 0.25) is 5.91 Å². The van der Waals surface area contributed by atoms with E-state index in [4.69, 9.17) is 15.2 Å². The molecule has 2 rings (SSSR count). The van der Waals surface area contributed by atoms with E-state index < -0.39 is 5.54 Å². The zero-order valence-electron chi connectivity index (χ0n) is 13.2. The number of nitrogens with one attached hydrogen (secondary N) is 1. The van der Waals surface area contributed by atoms with Gasteiger partial charge in [-0.25, -0.2) is 0 Å². The maximum absolute atomic E-state index is 12.3. The first kappa shape index (κ1) is 18.7. The predicted octanol–water partition coefficient (Wildman–Crippen LogP) is 1.94. The number of carbonyl (C=O) groups is 1. The normalized spacial score (nSPS) is 16.5. The van der Waals surface area contributed by atoms with Crippen molar-refractivity contribution in [1.29, 1.82) is 0 Å². The van der Waals surface area contributed by atoms with Crippen LogP contribution in [0.3, 0.4) is 0 Å². The smallest absolute Gasteiger partial charge is 0.240 e. The largest absolute Gasteiger partial charge is 0.494 e. The summed E-state index contributed by atoms with van der Waals surface area (Å²) in [4.78, 5) is 12.3.